The minimum atomic E-state index is -0.217. The quantitative estimate of drug-likeness (QED) is 0.704. The van der Waals surface area contributed by atoms with E-state index in [-0.39, 0.29) is 11.7 Å². The van der Waals surface area contributed by atoms with E-state index in [0.29, 0.717) is 11.6 Å². The summed E-state index contributed by atoms with van der Waals surface area (Å²) in [6, 6.07) is 5.63. The van der Waals surface area contributed by atoms with Crippen LogP contribution >= 0.6 is 11.3 Å². The molecule has 29 heavy (non-hydrogen) atoms. The van der Waals surface area contributed by atoms with Crippen LogP contribution in [-0.4, -0.2) is 52.9 Å². The van der Waals surface area contributed by atoms with Crippen molar-refractivity contribution in [2.24, 2.45) is 0 Å². The number of aryl methyl sites for hydroxylation is 2. The number of hydrogen-bond donors (Lipinski definition) is 0. The molecule has 2 aliphatic heterocycles. The summed E-state index contributed by atoms with van der Waals surface area (Å²) in [6.45, 7) is 7.72. The first-order valence-corrected chi connectivity index (χ1v) is 11.6. The number of nitrogens with zero attached hydrogens (tertiary/aromatic N) is 3. The molecule has 0 unspecified atom stereocenters. The van der Waals surface area contributed by atoms with Gasteiger partial charge in [0, 0.05) is 24.7 Å². The van der Waals surface area contributed by atoms with Crippen LogP contribution < -0.4 is 0 Å². The number of likely N-dealkylation sites (tertiary alicyclic amines) is 2. The summed E-state index contributed by atoms with van der Waals surface area (Å²) >= 11 is 1.43. The normalized spacial score (nSPS) is 19.3. The van der Waals surface area contributed by atoms with Gasteiger partial charge in [-0.25, -0.2) is 9.37 Å². The monoisotopic (exact) mass is 415 g/mol. The highest BCUT2D eigenvalue weighted by Gasteiger charge is 2.29. The van der Waals surface area contributed by atoms with Gasteiger partial charge in [-0.2, -0.15) is 0 Å². The van der Waals surface area contributed by atoms with Gasteiger partial charge in [-0.3, -0.25) is 4.79 Å². The smallest absolute Gasteiger partial charge is 0.265 e. The van der Waals surface area contributed by atoms with Crippen molar-refractivity contribution < 1.29 is 9.18 Å². The molecule has 156 valence electrons. The Kier molecular flexibility index (Phi) is 6.30. The maximum atomic E-state index is 13.6. The molecule has 1 aromatic carbocycles. The number of carbonyl (C=O) groups excluding carboxylic acids is 1. The molecule has 0 saturated carbocycles. The summed E-state index contributed by atoms with van der Waals surface area (Å²) in [6.07, 6.45) is 7.46. The van der Waals surface area contributed by atoms with Gasteiger partial charge in [-0.05, 0) is 76.4 Å². The lowest BCUT2D eigenvalue weighted by molar-refractivity contribution is 0.0626. The predicted octanol–water partition coefficient (Wildman–Crippen LogP) is 5.05. The van der Waals surface area contributed by atoms with E-state index in [0.717, 1.165) is 47.1 Å². The van der Waals surface area contributed by atoms with Gasteiger partial charge in [0.05, 0.1) is 5.69 Å². The summed E-state index contributed by atoms with van der Waals surface area (Å²) in [5.74, 6) is -0.120. The fourth-order valence-electron chi connectivity index (χ4n) is 4.53. The van der Waals surface area contributed by atoms with Gasteiger partial charge in [-0.1, -0.05) is 12.8 Å². The largest absolute Gasteiger partial charge is 0.338 e. The molecular weight excluding hydrogens is 385 g/mol. The molecule has 2 aromatic rings. The van der Waals surface area contributed by atoms with Gasteiger partial charge in [-0.15, -0.1) is 11.3 Å². The van der Waals surface area contributed by atoms with E-state index >= 15 is 0 Å². The van der Waals surface area contributed by atoms with Crippen LogP contribution in [0.1, 0.15) is 59.5 Å². The molecule has 2 aliphatic rings. The van der Waals surface area contributed by atoms with Crippen LogP contribution in [-0.2, 0) is 0 Å². The van der Waals surface area contributed by atoms with Crippen LogP contribution in [0.25, 0.3) is 10.6 Å². The van der Waals surface area contributed by atoms with E-state index in [9.17, 15) is 9.18 Å². The van der Waals surface area contributed by atoms with Crippen LogP contribution in [0.4, 0.5) is 4.39 Å². The molecule has 0 N–H and O–H groups in total. The highest BCUT2D eigenvalue weighted by Crippen LogP contribution is 2.31. The predicted molar refractivity (Wildman–Crippen MR) is 116 cm³/mol. The Morgan fingerprint density at radius 3 is 2.41 bits per heavy atom. The van der Waals surface area contributed by atoms with E-state index in [1.807, 2.05) is 11.8 Å². The van der Waals surface area contributed by atoms with Crippen molar-refractivity contribution in [1.29, 1.82) is 0 Å². The van der Waals surface area contributed by atoms with Crippen molar-refractivity contribution in [3.8, 4) is 10.6 Å². The lowest BCUT2D eigenvalue weighted by Gasteiger charge is -2.38. The van der Waals surface area contributed by atoms with E-state index in [4.69, 9.17) is 0 Å². The van der Waals surface area contributed by atoms with Crippen LogP contribution in [0.15, 0.2) is 18.2 Å². The van der Waals surface area contributed by atoms with Crippen molar-refractivity contribution in [3.05, 3.63) is 40.2 Å². The highest BCUT2D eigenvalue weighted by atomic mass is 32.1. The van der Waals surface area contributed by atoms with Gasteiger partial charge in [0.2, 0.25) is 0 Å². The Labute approximate surface area is 176 Å². The first-order valence-electron chi connectivity index (χ1n) is 10.8. The third-order valence-electron chi connectivity index (χ3n) is 6.30. The van der Waals surface area contributed by atoms with Gasteiger partial charge in [0.1, 0.15) is 15.7 Å². The SMILES string of the molecule is Cc1cc(-c2nc(C)c(C(=O)N3CCC(N4CCCCCC4)CC3)s2)ccc1F. The molecule has 0 radical (unpaired) electrons. The average molecular weight is 416 g/mol. The number of hydrogen-bond acceptors (Lipinski definition) is 4. The number of carbonyl (C=O) groups is 1. The molecule has 1 amide bonds. The molecule has 1 aromatic heterocycles. The summed E-state index contributed by atoms with van der Waals surface area (Å²) < 4.78 is 13.6. The molecule has 4 rings (SSSR count). The van der Waals surface area contributed by atoms with Crippen molar-refractivity contribution in [2.75, 3.05) is 26.2 Å². The van der Waals surface area contributed by atoms with Crippen molar-refractivity contribution in [1.82, 2.24) is 14.8 Å². The van der Waals surface area contributed by atoms with Crippen LogP contribution in [0.3, 0.4) is 0 Å². The molecule has 6 heteroatoms. The number of piperidine rings is 1. The zero-order chi connectivity index (χ0) is 20.4. The molecular formula is C23H30FN3OS. The molecule has 0 bridgehead atoms. The number of rotatable bonds is 3. The van der Waals surface area contributed by atoms with Crippen molar-refractivity contribution >= 4 is 17.2 Å². The van der Waals surface area contributed by atoms with Gasteiger partial charge >= 0.3 is 0 Å². The Hall–Kier alpha value is -1.79. The Bertz CT molecular complexity index is 865. The molecule has 2 saturated heterocycles. The summed E-state index contributed by atoms with van der Waals surface area (Å²) in [5.41, 5.74) is 2.24. The minimum Gasteiger partial charge on any atom is -0.338 e. The first-order chi connectivity index (χ1) is 14.0. The minimum absolute atomic E-state index is 0.0967. The maximum absolute atomic E-state index is 13.6. The zero-order valence-electron chi connectivity index (χ0n) is 17.4. The Morgan fingerprint density at radius 2 is 1.76 bits per heavy atom. The van der Waals surface area contributed by atoms with E-state index < -0.39 is 0 Å². The topological polar surface area (TPSA) is 36.4 Å². The fourth-order valence-corrected chi connectivity index (χ4v) is 5.56. The van der Waals surface area contributed by atoms with E-state index in [1.54, 1.807) is 19.1 Å². The number of thiazole rings is 1. The number of aromatic nitrogens is 1. The standard InChI is InChI=1S/C23H30FN3OS/c1-16-15-18(7-8-20(16)24)22-25-17(2)21(29-22)23(28)27-13-9-19(10-14-27)26-11-5-3-4-6-12-26/h7-8,15,19H,3-6,9-14H2,1-2H3. The molecule has 0 aliphatic carbocycles. The summed E-state index contributed by atoms with van der Waals surface area (Å²) in [4.78, 5) is 23.1. The summed E-state index contributed by atoms with van der Waals surface area (Å²) in [7, 11) is 0. The van der Waals surface area contributed by atoms with Crippen molar-refractivity contribution in [2.45, 2.75) is 58.4 Å². The Balaban J connectivity index is 1.42. The lowest BCUT2D eigenvalue weighted by Crippen LogP contribution is -2.47. The second-order valence-corrected chi connectivity index (χ2v) is 9.37. The maximum Gasteiger partial charge on any atom is 0.265 e. The van der Waals surface area contributed by atoms with Crippen LogP contribution in [0, 0.1) is 19.7 Å². The molecule has 0 spiro atoms. The number of halogens is 1. The molecule has 0 atom stereocenters. The van der Waals surface area contributed by atoms with Crippen LogP contribution in [0.5, 0.6) is 0 Å². The average Bonchev–Trinajstić information content (AvgIpc) is 2.93. The number of amides is 1. The van der Waals surface area contributed by atoms with E-state index in [1.165, 1.54) is 56.2 Å². The van der Waals surface area contributed by atoms with E-state index in [2.05, 4.69) is 9.88 Å². The van der Waals surface area contributed by atoms with Crippen LogP contribution in [0.2, 0.25) is 0 Å². The second kappa shape index (κ2) is 8.92. The third-order valence-corrected chi connectivity index (χ3v) is 7.50. The molecule has 3 heterocycles. The first kappa shape index (κ1) is 20.5. The Morgan fingerprint density at radius 1 is 1.07 bits per heavy atom. The van der Waals surface area contributed by atoms with Gasteiger partial charge in [0.25, 0.3) is 5.91 Å². The zero-order valence-corrected chi connectivity index (χ0v) is 18.2. The van der Waals surface area contributed by atoms with Gasteiger partial charge < -0.3 is 9.80 Å². The highest BCUT2D eigenvalue weighted by molar-refractivity contribution is 7.17. The molecule has 4 nitrogen and oxygen atoms in total. The molecule has 2 fully saturated rings. The fraction of sp³-hybridized carbons (Fsp3) is 0.565. The van der Waals surface area contributed by atoms with Gasteiger partial charge in [0.15, 0.2) is 0 Å². The second-order valence-electron chi connectivity index (χ2n) is 8.37. The van der Waals surface area contributed by atoms with Crippen molar-refractivity contribution in [3.63, 3.8) is 0 Å². The summed E-state index contributed by atoms with van der Waals surface area (Å²) in [5, 5.41) is 0.786. The number of benzene rings is 1. The third kappa shape index (κ3) is 4.53. The lowest BCUT2D eigenvalue weighted by atomic mass is 10.0.